The number of pyridine rings is 12. The van der Waals surface area contributed by atoms with Gasteiger partial charge in [0, 0.05) is 154 Å². The number of aliphatic hydroxyl groups excluding tert-OH is 2. The van der Waals surface area contributed by atoms with Crippen LogP contribution in [0.4, 0.5) is 5.82 Å². The highest BCUT2D eigenvalue weighted by Gasteiger charge is 2.35. The molecule has 0 aliphatic carbocycles. The fourth-order valence-corrected chi connectivity index (χ4v) is 17.7. The minimum Gasteiger partial charge on any atom is -0.390 e. The Bertz CT molecular complexity index is 7870. The van der Waals surface area contributed by atoms with Gasteiger partial charge in [-0.25, -0.2) is 44.1 Å². The Morgan fingerprint density at radius 2 is 0.606 bits per heavy atom. The number of aliphatic hydroxyl groups is 2. The van der Waals surface area contributed by atoms with Gasteiger partial charge in [0.25, 0.3) is 22.2 Å². The largest absolute Gasteiger partial charge is 0.390 e. The topological polar surface area (TPSA) is 677 Å². The summed E-state index contributed by atoms with van der Waals surface area (Å²) in [6.07, 6.45) is 15.9. The van der Waals surface area contributed by atoms with Crippen LogP contribution in [-0.4, -0.2) is 228 Å². The maximum Gasteiger partial charge on any atom is 0.329 e. The highest BCUT2D eigenvalue weighted by Crippen LogP contribution is 2.36. The molecule has 0 spiro atoms. The second kappa shape index (κ2) is 38.4. The highest BCUT2D eigenvalue weighted by atomic mass is 16.3. The number of carbonyl (C=O) groups is 7. The van der Waals surface area contributed by atoms with E-state index in [4.69, 9.17) is 48.6 Å². The zero-order valence-electron chi connectivity index (χ0n) is 73.0. The molecule has 20 heterocycles. The number of nitrogen functional groups attached to an aromatic ring is 1. The maximum atomic E-state index is 13.0. The number of hydrogen-bond donors (Lipinski definition) is 11. The van der Waals surface area contributed by atoms with E-state index in [1.165, 1.54) is 53.2 Å². The lowest BCUT2D eigenvalue weighted by Crippen LogP contribution is -2.46. The molecule has 46 nitrogen and oxygen atoms in total. The van der Waals surface area contributed by atoms with Gasteiger partial charge >= 0.3 is 58.2 Å². The molecule has 0 radical (unpaired) electrons. The van der Waals surface area contributed by atoms with Crippen LogP contribution in [0.15, 0.2) is 185 Å². The van der Waals surface area contributed by atoms with Crippen molar-refractivity contribution in [3.8, 4) is 45.0 Å². The van der Waals surface area contributed by atoms with Gasteiger partial charge in [0.2, 0.25) is 5.91 Å². The van der Waals surface area contributed by atoms with Crippen LogP contribution in [0.5, 0.6) is 0 Å². The molecule has 4 aliphatic heterocycles. The first-order valence-electron chi connectivity index (χ1n) is 43.3. The molecule has 0 saturated carbocycles. The second-order valence-corrected chi connectivity index (χ2v) is 33.0. The number of aryl methyl sites for hydroxylation is 1. The van der Waals surface area contributed by atoms with E-state index in [-0.39, 0.29) is 105 Å². The fraction of sp³-hybridized carbons (Fsp3) is 0.264. The predicted octanol–water partition coefficient (Wildman–Crippen LogP) is 0.724. The summed E-state index contributed by atoms with van der Waals surface area (Å²) < 4.78 is 6.13. The SMILES string of the molecule is Cc1ccc(-c2ccc3ncc4c(=O)[nH]c(=O)n(C5CCN(CC(N)=O)CC5)c4c3n2)cn1.NC(=O)C(=O)N1CCC(n2c(=O)[nH]c(=O)c3cnc4ccc(-c5ccc(CO)nc5)nc4c32)CC1.NC(=O)C(=O)N1CCC(n2c(=O)[nH]c(=O)c3cnc4ccc(-c5ccc(CO)nc5)nc4c32)CC1.NC(=O)C(=O)N1CCC(n2c(=O)[nH]c(=O)c3cnc4ccc(-c5ccc(N)nc5)nc4c32)CC1. The highest BCUT2D eigenvalue weighted by molar-refractivity contribution is 6.35. The molecule has 16 N–H and O–H groups in total. The van der Waals surface area contributed by atoms with E-state index >= 15 is 0 Å². The normalized spacial score (nSPS) is 14.7. The van der Waals surface area contributed by atoms with Crippen LogP contribution in [0.25, 0.3) is 133 Å². The number of aromatic amines is 4. The van der Waals surface area contributed by atoms with Crippen molar-refractivity contribution in [1.29, 1.82) is 0 Å². The number of primary amides is 4. The number of hydrogen-bond acceptors (Lipinski definition) is 31. The number of rotatable bonds is 12. The summed E-state index contributed by atoms with van der Waals surface area (Å²) in [6.45, 7) is 4.44. The molecule has 137 heavy (non-hydrogen) atoms. The average Bonchev–Trinajstić information content (AvgIpc) is 0.755. The number of anilines is 1. The van der Waals surface area contributed by atoms with Crippen LogP contribution >= 0.6 is 0 Å². The Hall–Kier alpha value is -17.4. The van der Waals surface area contributed by atoms with Crippen molar-refractivity contribution in [3.63, 3.8) is 0 Å². The van der Waals surface area contributed by atoms with Crippen LogP contribution in [-0.2, 0) is 46.8 Å². The van der Waals surface area contributed by atoms with Gasteiger partial charge in [0.1, 0.15) is 27.9 Å². The van der Waals surface area contributed by atoms with Gasteiger partial charge in [-0.3, -0.25) is 131 Å². The van der Waals surface area contributed by atoms with Crippen LogP contribution in [0.3, 0.4) is 0 Å². The first-order chi connectivity index (χ1) is 66.0. The van der Waals surface area contributed by atoms with E-state index in [2.05, 4.69) is 59.8 Å². The molecule has 4 saturated heterocycles. The van der Waals surface area contributed by atoms with E-state index in [1.807, 2.05) is 36.1 Å². The third-order valence-corrected chi connectivity index (χ3v) is 24.6. The van der Waals surface area contributed by atoms with E-state index in [0.29, 0.717) is 193 Å². The van der Waals surface area contributed by atoms with E-state index in [9.17, 15) is 82.1 Å². The molecule has 16 aromatic heterocycles. The predicted molar refractivity (Wildman–Crippen MR) is 498 cm³/mol. The minimum atomic E-state index is -1.02. The molecular formula is C91H85N29O17. The fourth-order valence-electron chi connectivity index (χ4n) is 17.7. The summed E-state index contributed by atoms with van der Waals surface area (Å²) in [5.41, 5.74) is 34.5. The number of nitrogens with two attached hydrogens (primary N) is 5. The quantitative estimate of drug-likeness (QED) is 0.0593. The first-order valence-corrected chi connectivity index (χ1v) is 43.3. The van der Waals surface area contributed by atoms with Crippen LogP contribution in [0, 0.1) is 6.92 Å². The average molecular weight is 1860 g/mol. The maximum absolute atomic E-state index is 13.0. The van der Waals surface area contributed by atoms with Crippen LogP contribution in [0.1, 0.15) is 92.6 Å². The van der Waals surface area contributed by atoms with Gasteiger partial charge in [0.05, 0.1) is 120 Å². The number of fused-ring (bicyclic) bond motifs is 12. The van der Waals surface area contributed by atoms with Crippen LogP contribution < -0.4 is 73.7 Å². The van der Waals surface area contributed by atoms with Crippen molar-refractivity contribution in [3.05, 3.63) is 247 Å². The number of amides is 7. The number of aromatic nitrogens is 20. The lowest BCUT2D eigenvalue weighted by molar-refractivity contribution is -0.145. The van der Waals surface area contributed by atoms with Crippen LogP contribution in [0.2, 0.25) is 0 Å². The monoisotopic (exact) mass is 1860 g/mol. The minimum absolute atomic E-state index is 0.155. The van der Waals surface area contributed by atoms with Gasteiger partial charge in [-0.1, -0.05) is 0 Å². The van der Waals surface area contributed by atoms with Gasteiger partial charge in [0.15, 0.2) is 0 Å². The van der Waals surface area contributed by atoms with Crippen molar-refractivity contribution < 1.29 is 43.8 Å². The van der Waals surface area contributed by atoms with Crippen molar-refractivity contribution in [2.24, 2.45) is 22.9 Å². The number of H-pyrrole nitrogens is 4. The molecular weight excluding hydrogens is 1770 g/mol. The molecule has 4 aliphatic rings. The van der Waals surface area contributed by atoms with Crippen molar-refractivity contribution in [1.82, 2.24) is 118 Å². The summed E-state index contributed by atoms with van der Waals surface area (Å²) >= 11 is 0. The lowest BCUT2D eigenvalue weighted by atomic mass is 10.0. The molecule has 20 rings (SSSR count). The molecule has 696 valence electrons. The van der Waals surface area contributed by atoms with Crippen molar-refractivity contribution in [2.75, 3.05) is 64.6 Å². The smallest absolute Gasteiger partial charge is 0.329 e. The number of nitrogens with zero attached hydrogens (tertiary/aromatic N) is 20. The summed E-state index contributed by atoms with van der Waals surface area (Å²) in [7, 11) is 0. The Labute approximate surface area is 768 Å². The molecule has 0 atom stereocenters. The van der Waals surface area contributed by atoms with Gasteiger partial charge in [-0.2, -0.15) is 0 Å². The van der Waals surface area contributed by atoms with Gasteiger partial charge < -0.3 is 53.6 Å². The molecule has 0 bridgehead atoms. The molecule has 4 fully saturated rings. The summed E-state index contributed by atoms with van der Waals surface area (Å²) in [6, 6.07) is 27.3. The van der Waals surface area contributed by atoms with E-state index < -0.39 is 80.4 Å². The first kappa shape index (κ1) is 91.5. The lowest BCUT2D eigenvalue weighted by Gasteiger charge is -2.32. The second-order valence-electron chi connectivity index (χ2n) is 33.0. The van der Waals surface area contributed by atoms with Gasteiger partial charge in [-0.05, 0) is 155 Å². The number of likely N-dealkylation sites (tertiary alicyclic amines) is 4. The Morgan fingerprint density at radius 1 is 0.336 bits per heavy atom. The Morgan fingerprint density at radius 3 is 0.847 bits per heavy atom. The molecule has 16 aromatic rings. The standard InChI is InChI=1S/2C23H21N7O5.C23H23N7O3.C22H20N8O4/c2*24-20(32)22(34)29-7-5-14(6-8-29)30-19-15(21(33)28-23(30)35)10-26-17-4-3-16(27-18(17)19)12-1-2-13(11-31)25-9-12;1-13-2-3-14(10-25-13)17-4-5-18-20(27-17)21-16(11-26-18)22(32)28-23(33)30(21)15-6-8-29(9-7-15)12-19(24)31;23-16-4-1-11(9-26-16)14-2-3-15-17(27-14)18-13(10-25-15)20(32)28-22(34)30(18)12-5-7-29(8-6-12)21(33)19(24)31/h2*1-4,9-10,14,31H,5-8,11H2,(H2,24,32)(H,28,33,35);2-5,10-11,15H,6-9,12H2,1H3,(H2,24,31)(H,28,32,33);1-4,9-10,12H,5-8H2,(H2,23,26)(H2,24,31)(H,28,32,34). The van der Waals surface area contributed by atoms with Gasteiger partial charge in [-0.15, -0.1) is 0 Å². The number of nitrogens with one attached hydrogen (secondary N) is 4. The van der Waals surface area contributed by atoms with Crippen molar-refractivity contribution >= 4 is 135 Å². The Kier molecular flexibility index (Phi) is 25.6. The number of carbonyl (C=O) groups excluding carboxylic acids is 7. The number of piperidine rings is 4. The molecule has 0 aromatic carbocycles. The van der Waals surface area contributed by atoms with E-state index in [0.717, 1.165) is 11.3 Å². The zero-order valence-corrected chi connectivity index (χ0v) is 73.0. The van der Waals surface area contributed by atoms with E-state index in [1.54, 1.807) is 102 Å². The molecule has 46 heteroatoms. The summed E-state index contributed by atoms with van der Waals surface area (Å²) in [5.74, 6) is -5.34. The zero-order chi connectivity index (χ0) is 96.5. The van der Waals surface area contributed by atoms with Crippen molar-refractivity contribution in [2.45, 2.75) is 95.7 Å². The molecule has 7 amide bonds. The third-order valence-electron chi connectivity index (χ3n) is 24.6. The Balaban J connectivity index is 0.000000127. The third kappa shape index (κ3) is 18.6. The summed E-state index contributed by atoms with van der Waals surface area (Å²) in [4.78, 5) is 252. The summed E-state index contributed by atoms with van der Waals surface area (Å²) in [5, 5.41) is 19.5. The molecule has 0 unspecified atom stereocenters.